The predicted octanol–water partition coefficient (Wildman–Crippen LogP) is -0.0355. The molecule has 78 valence electrons. The van der Waals surface area contributed by atoms with Gasteiger partial charge in [-0.2, -0.15) is 0 Å². The van der Waals surface area contributed by atoms with Crippen molar-refractivity contribution in [2.24, 2.45) is 5.73 Å². The van der Waals surface area contributed by atoms with Crippen LogP contribution in [0.5, 0.6) is 0 Å². The molecule has 0 aliphatic rings. The van der Waals surface area contributed by atoms with Gasteiger partial charge in [0.25, 0.3) is 0 Å². The quantitative estimate of drug-likeness (QED) is 0.791. The van der Waals surface area contributed by atoms with Crippen LogP contribution in [-0.2, 0) is 21.1 Å². The van der Waals surface area contributed by atoms with Gasteiger partial charge in [-0.25, -0.2) is 13.4 Å². The second-order valence-corrected chi connectivity index (χ2v) is 5.72. The van der Waals surface area contributed by atoms with E-state index in [0.717, 1.165) is 6.26 Å². The number of aryl methyl sites for hydroxylation is 1. The normalized spacial score (nSPS) is 11.5. The fraction of sp³-hybridized carbons (Fsp3) is 0.429. The number of nitrogens with two attached hydrogens (primary N) is 1. The molecule has 5 nitrogen and oxygen atoms in total. The molecule has 0 aliphatic carbocycles. The summed E-state index contributed by atoms with van der Waals surface area (Å²) in [6, 6.07) is 0. The zero-order chi connectivity index (χ0) is 10.8. The minimum absolute atomic E-state index is 0.0574. The number of amides is 1. The summed E-state index contributed by atoms with van der Waals surface area (Å²) in [5, 5.41) is 2.14. The average molecular weight is 234 g/mol. The van der Waals surface area contributed by atoms with E-state index in [2.05, 4.69) is 4.98 Å². The summed E-state index contributed by atoms with van der Waals surface area (Å²) < 4.78 is 22.1. The minimum Gasteiger partial charge on any atom is -0.370 e. The molecule has 0 radical (unpaired) electrons. The van der Waals surface area contributed by atoms with E-state index in [4.69, 9.17) is 5.73 Å². The third kappa shape index (κ3) is 3.08. The lowest BCUT2D eigenvalue weighted by Crippen LogP contribution is -2.11. The molecule has 0 fully saturated rings. The summed E-state index contributed by atoms with van der Waals surface area (Å²) in [5.74, 6) is -0.416. The van der Waals surface area contributed by atoms with Gasteiger partial charge in [-0.15, -0.1) is 11.3 Å². The number of carbonyl (C=O) groups excluding carboxylic acids is 1. The zero-order valence-electron chi connectivity index (χ0n) is 7.56. The molecule has 0 bridgehead atoms. The van der Waals surface area contributed by atoms with Crippen molar-refractivity contribution in [1.82, 2.24) is 4.98 Å². The third-order valence-electron chi connectivity index (χ3n) is 1.50. The number of sulfone groups is 1. The van der Waals surface area contributed by atoms with E-state index < -0.39 is 15.7 Å². The van der Waals surface area contributed by atoms with E-state index >= 15 is 0 Å². The molecule has 1 aromatic rings. The molecule has 0 saturated heterocycles. The fourth-order valence-electron chi connectivity index (χ4n) is 0.809. The molecule has 1 rings (SSSR count). The molecule has 1 aromatic heterocycles. The highest BCUT2D eigenvalue weighted by atomic mass is 32.2. The van der Waals surface area contributed by atoms with Gasteiger partial charge in [0.05, 0.1) is 5.01 Å². The molecule has 0 aliphatic heterocycles. The van der Waals surface area contributed by atoms with Crippen LogP contribution in [0.4, 0.5) is 0 Å². The minimum atomic E-state index is -3.24. The largest absolute Gasteiger partial charge is 0.370 e. The van der Waals surface area contributed by atoms with Gasteiger partial charge in [0.1, 0.15) is 0 Å². The molecular weight excluding hydrogens is 224 g/mol. The number of primary amides is 1. The van der Waals surface area contributed by atoms with Crippen molar-refractivity contribution in [3.05, 3.63) is 10.4 Å². The second kappa shape index (κ2) is 4.05. The lowest BCUT2D eigenvalue weighted by Gasteiger charge is -1.91. The molecule has 14 heavy (non-hydrogen) atoms. The molecule has 7 heteroatoms. The van der Waals surface area contributed by atoms with Crippen molar-refractivity contribution >= 4 is 27.1 Å². The van der Waals surface area contributed by atoms with Gasteiger partial charge in [0.15, 0.2) is 14.9 Å². The topological polar surface area (TPSA) is 90.1 Å². The number of thiazole rings is 1. The smallest absolute Gasteiger partial charge is 0.217 e. The van der Waals surface area contributed by atoms with Crippen LogP contribution in [0, 0.1) is 0 Å². The summed E-state index contributed by atoms with van der Waals surface area (Å²) in [6.45, 7) is 0. The lowest BCUT2D eigenvalue weighted by molar-refractivity contribution is -0.117. The maximum absolute atomic E-state index is 11.0. The SMILES string of the molecule is CS(=O)(=O)c1csc(CCC(N)=O)n1. The highest BCUT2D eigenvalue weighted by Gasteiger charge is 2.12. The first-order chi connectivity index (χ1) is 6.39. The summed E-state index contributed by atoms with van der Waals surface area (Å²) in [6.07, 6.45) is 1.69. The monoisotopic (exact) mass is 234 g/mol. The Labute approximate surface area is 85.9 Å². The zero-order valence-corrected chi connectivity index (χ0v) is 9.19. The van der Waals surface area contributed by atoms with E-state index in [9.17, 15) is 13.2 Å². The van der Waals surface area contributed by atoms with Crippen molar-refractivity contribution in [2.75, 3.05) is 6.26 Å². The van der Waals surface area contributed by atoms with Crippen LogP contribution in [0.25, 0.3) is 0 Å². The van der Waals surface area contributed by atoms with Crippen molar-refractivity contribution < 1.29 is 13.2 Å². The number of hydrogen-bond acceptors (Lipinski definition) is 5. The lowest BCUT2D eigenvalue weighted by atomic mass is 10.3. The highest BCUT2D eigenvalue weighted by molar-refractivity contribution is 7.90. The second-order valence-electron chi connectivity index (χ2n) is 2.82. The highest BCUT2D eigenvalue weighted by Crippen LogP contribution is 2.15. The molecule has 0 saturated carbocycles. The summed E-state index contributed by atoms with van der Waals surface area (Å²) in [7, 11) is -3.24. The molecule has 1 amide bonds. The van der Waals surface area contributed by atoms with Crippen LogP contribution in [0.1, 0.15) is 11.4 Å². The number of hydrogen-bond donors (Lipinski definition) is 1. The van der Waals surface area contributed by atoms with Gasteiger partial charge in [-0.3, -0.25) is 4.79 Å². The number of rotatable bonds is 4. The van der Waals surface area contributed by atoms with Crippen LogP contribution in [0.3, 0.4) is 0 Å². The van der Waals surface area contributed by atoms with Crippen LogP contribution >= 0.6 is 11.3 Å². The first-order valence-electron chi connectivity index (χ1n) is 3.82. The van der Waals surface area contributed by atoms with Gasteiger partial charge in [0.2, 0.25) is 5.91 Å². The van der Waals surface area contributed by atoms with Gasteiger partial charge in [0, 0.05) is 24.5 Å². The first kappa shape index (κ1) is 11.1. The molecule has 0 aromatic carbocycles. The Balaban J connectivity index is 2.74. The summed E-state index contributed by atoms with van der Waals surface area (Å²) >= 11 is 1.22. The van der Waals surface area contributed by atoms with Crippen LogP contribution < -0.4 is 5.73 Å². The molecule has 0 spiro atoms. The first-order valence-corrected chi connectivity index (χ1v) is 6.59. The van der Waals surface area contributed by atoms with Crippen molar-refractivity contribution in [2.45, 2.75) is 17.9 Å². The van der Waals surface area contributed by atoms with E-state index in [1.54, 1.807) is 0 Å². The van der Waals surface area contributed by atoms with Crippen LogP contribution in [0.2, 0.25) is 0 Å². The molecule has 0 unspecified atom stereocenters. The third-order valence-corrected chi connectivity index (χ3v) is 3.52. The standard InChI is InChI=1S/C7H10N2O3S2/c1-14(11,12)7-4-13-6(9-7)3-2-5(8)10/h4H,2-3H2,1H3,(H2,8,10). The maximum Gasteiger partial charge on any atom is 0.217 e. The van der Waals surface area contributed by atoms with Crippen molar-refractivity contribution in [3.8, 4) is 0 Å². The van der Waals surface area contributed by atoms with E-state index in [1.807, 2.05) is 0 Å². The van der Waals surface area contributed by atoms with Gasteiger partial charge in [-0.05, 0) is 0 Å². The predicted molar refractivity (Wildman–Crippen MR) is 52.7 cm³/mol. The van der Waals surface area contributed by atoms with Gasteiger partial charge in [-0.1, -0.05) is 0 Å². The molecular formula is C7H10N2O3S2. The summed E-state index contributed by atoms with van der Waals surface area (Å²) in [5.41, 5.74) is 4.95. The van der Waals surface area contributed by atoms with Crippen LogP contribution in [0.15, 0.2) is 10.4 Å². The molecule has 0 atom stereocenters. The van der Waals surface area contributed by atoms with Crippen LogP contribution in [-0.4, -0.2) is 25.6 Å². The number of nitrogens with zero attached hydrogens (tertiary/aromatic N) is 1. The Morgan fingerprint density at radius 3 is 2.71 bits per heavy atom. The van der Waals surface area contributed by atoms with Crippen molar-refractivity contribution in [1.29, 1.82) is 0 Å². The molecule has 2 N–H and O–H groups in total. The van der Waals surface area contributed by atoms with E-state index in [0.29, 0.717) is 11.4 Å². The Morgan fingerprint density at radius 1 is 1.64 bits per heavy atom. The Kier molecular flexibility index (Phi) is 3.22. The average Bonchev–Trinajstić information content (AvgIpc) is 2.47. The van der Waals surface area contributed by atoms with Crippen molar-refractivity contribution in [3.63, 3.8) is 0 Å². The maximum atomic E-state index is 11.0. The Morgan fingerprint density at radius 2 is 2.29 bits per heavy atom. The fourth-order valence-corrected chi connectivity index (χ4v) is 2.65. The number of aromatic nitrogens is 1. The summed E-state index contributed by atoms with van der Waals surface area (Å²) in [4.78, 5) is 14.3. The van der Waals surface area contributed by atoms with E-state index in [-0.39, 0.29) is 11.4 Å². The molecule has 1 heterocycles. The Hall–Kier alpha value is -0.950. The van der Waals surface area contributed by atoms with Gasteiger partial charge < -0.3 is 5.73 Å². The van der Waals surface area contributed by atoms with E-state index in [1.165, 1.54) is 16.7 Å². The van der Waals surface area contributed by atoms with Gasteiger partial charge >= 0.3 is 0 Å². The number of carbonyl (C=O) groups is 1. The Bertz CT molecular complexity index is 436.